The van der Waals surface area contributed by atoms with Gasteiger partial charge in [0, 0.05) is 42.9 Å². The number of amides is 1. The molecule has 0 bridgehead atoms. The lowest BCUT2D eigenvalue weighted by Crippen LogP contribution is -2.47. The maximum atomic E-state index is 13.0. The van der Waals surface area contributed by atoms with Gasteiger partial charge in [-0.15, -0.1) is 0 Å². The summed E-state index contributed by atoms with van der Waals surface area (Å²) in [5.74, 6) is 0.187. The Morgan fingerprint density at radius 2 is 1.33 bits per heavy atom. The predicted molar refractivity (Wildman–Crippen MR) is 115 cm³/mol. The average Bonchev–Trinajstić information content (AvgIpc) is 3.20. The molecule has 1 fully saturated rings. The van der Waals surface area contributed by atoms with Crippen molar-refractivity contribution in [2.75, 3.05) is 33.2 Å². The van der Waals surface area contributed by atoms with E-state index in [2.05, 4.69) is 11.9 Å². The van der Waals surface area contributed by atoms with E-state index in [4.69, 9.17) is 9.47 Å². The fourth-order valence-electron chi connectivity index (χ4n) is 4.05. The first-order chi connectivity index (χ1) is 14.7. The first-order valence-electron chi connectivity index (χ1n) is 10.3. The minimum Gasteiger partial charge on any atom is -0.440 e. The predicted octanol–water partition coefficient (Wildman–Crippen LogP) is 3.75. The molecular weight excluding hydrogens is 376 g/mol. The van der Waals surface area contributed by atoms with Crippen LogP contribution in [0.2, 0.25) is 0 Å². The summed E-state index contributed by atoms with van der Waals surface area (Å²) < 4.78 is 12.9. The zero-order valence-electron chi connectivity index (χ0n) is 17.0. The van der Waals surface area contributed by atoms with Gasteiger partial charge >= 0.3 is 5.79 Å². The van der Waals surface area contributed by atoms with Crippen molar-refractivity contribution in [3.05, 3.63) is 95.6 Å². The number of hydrogen-bond donors (Lipinski definition) is 0. The van der Waals surface area contributed by atoms with Crippen molar-refractivity contribution in [1.29, 1.82) is 0 Å². The maximum Gasteiger partial charge on any atom is 0.305 e. The van der Waals surface area contributed by atoms with E-state index >= 15 is 0 Å². The quantitative estimate of drug-likeness (QED) is 0.672. The van der Waals surface area contributed by atoms with E-state index < -0.39 is 5.79 Å². The molecule has 0 aromatic heterocycles. The zero-order chi connectivity index (χ0) is 20.6. The van der Waals surface area contributed by atoms with Crippen molar-refractivity contribution < 1.29 is 14.3 Å². The Bertz CT molecular complexity index is 1010. The third kappa shape index (κ3) is 3.21. The Labute approximate surface area is 176 Å². The van der Waals surface area contributed by atoms with Crippen LogP contribution in [0.1, 0.15) is 21.5 Å². The Balaban J connectivity index is 1.49. The fraction of sp³-hybridized carbons (Fsp3) is 0.240. The normalized spacial score (nSPS) is 17.7. The van der Waals surface area contributed by atoms with E-state index in [1.165, 1.54) is 0 Å². The lowest BCUT2D eigenvalue weighted by molar-refractivity contribution is -0.0459. The van der Waals surface area contributed by atoms with Gasteiger partial charge in [-0.05, 0) is 25.2 Å². The van der Waals surface area contributed by atoms with Gasteiger partial charge in [-0.3, -0.25) is 4.79 Å². The van der Waals surface area contributed by atoms with Crippen LogP contribution in [-0.4, -0.2) is 48.9 Å². The molecule has 5 nitrogen and oxygen atoms in total. The molecule has 5 heteroatoms. The molecule has 1 amide bonds. The van der Waals surface area contributed by atoms with Crippen LogP contribution in [0.4, 0.5) is 0 Å². The van der Waals surface area contributed by atoms with E-state index in [1.54, 1.807) is 0 Å². The number of hydrogen-bond acceptors (Lipinski definition) is 4. The summed E-state index contributed by atoms with van der Waals surface area (Å²) in [6, 6.07) is 25.3. The molecule has 0 aliphatic carbocycles. The molecule has 0 atom stereocenters. The SMILES string of the molecule is CN1CCN(C(=O)c2ccc3c(c2)OC(c2ccccc2)(c2ccccc2)O3)CC1. The van der Waals surface area contributed by atoms with Gasteiger partial charge in [-0.25, -0.2) is 0 Å². The Hall–Kier alpha value is -3.31. The fourth-order valence-corrected chi connectivity index (χ4v) is 4.05. The first-order valence-corrected chi connectivity index (χ1v) is 10.3. The van der Waals surface area contributed by atoms with Gasteiger partial charge in [-0.2, -0.15) is 0 Å². The number of carbonyl (C=O) groups excluding carboxylic acids is 1. The van der Waals surface area contributed by atoms with Gasteiger partial charge in [-0.1, -0.05) is 60.7 Å². The van der Waals surface area contributed by atoms with Crippen LogP contribution in [0, 0.1) is 0 Å². The maximum absolute atomic E-state index is 13.0. The van der Waals surface area contributed by atoms with E-state index in [0.29, 0.717) is 17.1 Å². The number of likely N-dealkylation sites (N-methyl/N-ethyl adjacent to an activating group) is 1. The Morgan fingerprint density at radius 3 is 1.93 bits per heavy atom. The largest absolute Gasteiger partial charge is 0.440 e. The molecule has 2 aliphatic heterocycles. The monoisotopic (exact) mass is 400 g/mol. The van der Waals surface area contributed by atoms with Gasteiger partial charge in [0.15, 0.2) is 11.5 Å². The molecule has 0 unspecified atom stereocenters. The summed E-state index contributed by atoms with van der Waals surface area (Å²) >= 11 is 0. The van der Waals surface area contributed by atoms with Crippen molar-refractivity contribution in [3.8, 4) is 11.5 Å². The number of carbonyl (C=O) groups is 1. The van der Waals surface area contributed by atoms with Crippen LogP contribution in [0.3, 0.4) is 0 Å². The molecule has 30 heavy (non-hydrogen) atoms. The highest BCUT2D eigenvalue weighted by molar-refractivity contribution is 5.95. The van der Waals surface area contributed by atoms with Gasteiger partial charge in [0.05, 0.1) is 0 Å². The second-order valence-corrected chi connectivity index (χ2v) is 7.81. The van der Waals surface area contributed by atoms with Crippen LogP contribution in [0.15, 0.2) is 78.9 Å². The van der Waals surface area contributed by atoms with Gasteiger partial charge in [0.2, 0.25) is 0 Å². The molecule has 0 spiro atoms. The van der Waals surface area contributed by atoms with E-state index in [9.17, 15) is 4.79 Å². The summed E-state index contributed by atoms with van der Waals surface area (Å²) in [5.41, 5.74) is 2.43. The molecule has 2 heterocycles. The van der Waals surface area contributed by atoms with Crippen LogP contribution >= 0.6 is 0 Å². The molecule has 1 saturated heterocycles. The summed E-state index contributed by atoms with van der Waals surface area (Å²) in [6.45, 7) is 3.26. The van der Waals surface area contributed by atoms with Gasteiger partial charge < -0.3 is 19.3 Å². The van der Waals surface area contributed by atoms with Crippen molar-refractivity contribution in [3.63, 3.8) is 0 Å². The third-order valence-electron chi connectivity index (χ3n) is 5.80. The topological polar surface area (TPSA) is 42.0 Å². The Morgan fingerprint density at radius 1 is 0.767 bits per heavy atom. The summed E-state index contributed by atoms with van der Waals surface area (Å²) in [5, 5.41) is 0. The third-order valence-corrected chi connectivity index (χ3v) is 5.80. The second kappa shape index (κ2) is 7.50. The van der Waals surface area contributed by atoms with Gasteiger partial charge in [0.25, 0.3) is 5.91 Å². The minimum absolute atomic E-state index is 0.0337. The first kappa shape index (κ1) is 18.7. The number of rotatable bonds is 3. The van der Waals surface area contributed by atoms with Crippen molar-refractivity contribution >= 4 is 5.91 Å². The highest BCUT2D eigenvalue weighted by Gasteiger charge is 2.45. The van der Waals surface area contributed by atoms with E-state index in [-0.39, 0.29) is 5.91 Å². The van der Waals surface area contributed by atoms with Crippen LogP contribution in [0.5, 0.6) is 11.5 Å². The van der Waals surface area contributed by atoms with Crippen LogP contribution < -0.4 is 9.47 Å². The number of ether oxygens (including phenoxy) is 2. The van der Waals surface area contributed by atoms with Gasteiger partial charge in [0.1, 0.15) is 0 Å². The average molecular weight is 400 g/mol. The number of piperazine rings is 1. The summed E-state index contributed by atoms with van der Waals surface area (Å²) in [7, 11) is 2.08. The number of benzene rings is 3. The molecule has 152 valence electrons. The Kier molecular flexibility index (Phi) is 4.68. The van der Waals surface area contributed by atoms with Crippen molar-refractivity contribution in [2.45, 2.75) is 5.79 Å². The molecule has 0 N–H and O–H groups in total. The molecule has 5 rings (SSSR count). The number of nitrogens with zero attached hydrogens (tertiary/aromatic N) is 2. The summed E-state index contributed by atoms with van der Waals surface area (Å²) in [6.07, 6.45) is 0. The smallest absolute Gasteiger partial charge is 0.305 e. The minimum atomic E-state index is -1.07. The van der Waals surface area contributed by atoms with Crippen LogP contribution in [-0.2, 0) is 5.79 Å². The highest BCUT2D eigenvalue weighted by atomic mass is 16.7. The van der Waals surface area contributed by atoms with E-state index in [1.807, 2.05) is 83.8 Å². The van der Waals surface area contributed by atoms with Crippen LogP contribution in [0.25, 0.3) is 0 Å². The standard InChI is InChI=1S/C25H24N2O3/c1-26-14-16-27(17-15-26)24(28)19-12-13-22-23(18-19)30-25(29-22,20-8-4-2-5-9-20)21-10-6-3-7-11-21/h2-13,18H,14-17H2,1H3. The van der Waals surface area contributed by atoms with E-state index in [0.717, 1.165) is 37.3 Å². The van der Waals surface area contributed by atoms with Crippen molar-refractivity contribution in [2.24, 2.45) is 0 Å². The molecule has 0 saturated carbocycles. The molecule has 3 aromatic carbocycles. The highest BCUT2D eigenvalue weighted by Crippen LogP contribution is 2.47. The molecule has 3 aromatic rings. The number of fused-ring (bicyclic) bond motifs is 1. The zero-order valence-corrected chi connectivity index (χ0v) is 17.0. The lowest BCUT2D eigenvalue weighted by Gasteiger charge is -2.32. The summed E-state index contributed by atoms with van der Waals surface area (Å²) in [4.78, 5) is 17.2. The second-order valence-electron chi connectivity index (χ2n) is 7.81. The molecular formula is C25H24N2O3. The lowest BCUT2D eigenvalue weighted by atomic mass is 9.97. The van der Waals surface area contributed by atoms with Crippen molar-refractivity contribution in [1.82, 2.24) is 9.80 Å². The molecule has 2 aliphatic rings. The molecule has 0 radical (unpaired) electrons.